The van der Waals surface area contributed by atoms with Crippen molar-refractivity contribution in [3.8, 4) is 0 Å². The molecule has 8 heteroatoms. The van der Waals surface area contributed by atoms with Gasteiger partial charge in [-0.15, -0.1) is 0 Å². The van der Waals surface area contributed by atoms with E-state index in [2.05, 4.69) is 9.98 Å². The average molecular weight is 218 g/mol. The summed E-state index contributed by atoms with van der Waals surface area (Å²) in [6, 6.07) is 0. The van der Waals surface area contributed by atoms with E-state index in [1.54, 1.807) is 0 Å². The molecule has 2 aliphatic heterocycles. The molecule has 0 fully saturated rings. The van der Waals surface area contributed by atoms with Crippen molar-refractivity contribution in [2.45, 2.75) is 13.3 Å². The van der Waals surface area contributed by atoms with Crippen molar-refractivity contribution in [3.63, 3.8) is 0 Å². The molecule has 2 aromatic heterocycles. The molecule has 0 N–H and O–H groups in total. The lowest BCUT2D eigenvalue weighted by Gasteiger charge is -2.05. The molecule has 0 spiro atoms. The van der Waals surface area contributed by atoms with Gasteiger partial charge in [-0.2, -0.15) is 0 Å². The first kappa shape index (κ1) is 7.85. The minimum Gasteiger partial charge on any atom is -0.255 e. The van der Waals surface area contributed by atoms with Crippen molar-refractivity contribution < 1.29 is 0 Å². The van der Waals surface area contributed by atoms with Crippen LogP contribution in [0.3, 0.4) is 0 Å². The molecule has 2 aromatic rings. The van der Waals surface area contributed by atoms with Crippen LogP contribution in [0.2, 0.25) is 0 Å². The molecule has 80 valence electrons. The first-order valence-electron chi connectivity index (χ1n) is 4.74. The summed E-state index contributed by atoms with van der Waals surface area (Å²) in [5.74, 6) is 0. The van der Waals surface area contributed by atoms with Gasteiger partial charge < -0.3 is 0 Å². The van der Waals surface area contributed by atoms with Gasteiger partial charge in [-0.05, 0) is 0 Å². The van der Waals surface area contributed by atoms with Crippen LogP contribution in [0, 0.1) is 0 Å². The summed E-state index contributed by atoms with van der Waals surface area (Å²) in [6.07, 6.45) is 2.90. The number of hydrogen-bond donors (Lipinski definition) is 0. The second-order valence-electron chi connectivity index (χ2n) is 3.69. The first-order chi connectivity index (χ1) is 7.79. The highest BCUT2D eigenvalue weighted by atomic mass is 16.2. The predicted molar refractivity (Wildman–Crippen MR) is 56.2 cm³/mol. The van der Waals surface area contributed by atoms with Gasteiger partial charge in [0.2, 0.25) is 0 Å². The fourth-order valence-electron chi connectivity index (χ4n) is 2.20. The van der Waals surface area contributed by atoms with Gasteiger partial charge in [0.15, 0.2) is 11.3 Å². The van der Waals surface area contributed by atoms with E-state index in [0.717, 1.165) is 0 Å². The Kier molecular flexibility index (Phi) is 1.10. The summed E-state index contributed by atoms with van der Waals surface area (Å²) in [7, 11) is 0. The molecule has 0 saturated carbocycles. The molecule has 0 radical (unpaired) electrons. The van der Waals surface area contributed by atoms with Gasteiger partial charge in [0.25, 0.3) is 0 Å². The maximum Gasteiger partial charge on any atom is 0.342 e. The van der Waals surface area contributed by atoms with Gasteiger partial charge in [0.05, 0.1) is 0 Å². The van der Waals surface area contributed by atoms with E-state index in [9.17, 15) is 9.59 Å². The number of aromatic nitrogens is 4. The fourth-order valence-corrected chi connectivity index (χ4v) is 2.20. The van der Waals surface area contributed by atoms with Gasteiger partial charge in [-0.1, -0.05) is 0 Å². The lowest BCUT2D eigenvalue weighted by molar-refractivity contribution is 0.620. The molecule has 0 aliphatic carbocycles. The maximum absolute atomic E-state index is 11.9. The second kappa shape index (κ2) is 2.23. The SMILES string of the molecule is O=c1n2c3c4n1C=NCn4c(=O)n3CN=C2. The average Bonchev–Trinajstić information content (AvgIpc) is 2.78. The highest BCUT2D eigenvalue weighted by molar-refractivity contribution is 5.85. The third kappa shape index (κ3) is 0.630. The van der Waals surface area contributed by atoms with E-state index in [1.807, 2.05) is 0 Å². The third-order valence-electron chi connectivity index (χ3n) is 2.88. The van der Waals surface area contributed by atoms with Gasteiger partial charge in [0.1, 0.15) is 26.0 Å². The van der Waals surface area contributed by atoms with Crippen molar-refractivity contribution in [1.29, 1.82) is 0 Å². The zero-order valence-electron chi connectivity index (χ0n) is 8.07. The van der Waals surface area contributed by atoms with Crippen molar-refractivity contribution in [3.05, 3.63) is 21.0 Å². The van der Waals surface area contributed by atoms with Gasteiger partial charge in [-0.3, -0.25) is 19.1 Å². The topological polar surface area (TPSA) is 78.6 Å². The minimum absolute atomic E-state index is 0.179. The summed E-state index contributed by atoms with van der Waals surface area (Å²) in [4.78, 5) is 31.8. The Morgan fingerprint density at radius 3 is 1.88 bits per heavy atom. The molecule has 8 nitrogen and oxygen atoms in total. The Hall–Kier alpha value is -2.38. The largest absolute Gasteiger partial charge is 0.342 e. The highest BCUT2D eigenvalue weighted by Gasteiger charge is 2.26. The van der Waals surface area contributed by atoms with Crippen LogP contribution in [0.5, 0.6) is 0 Å². The molecular weight excluding hydrogens is 212 g/mol. The molecule has 0 bridgehead atoms. The quantitative estimate of drug-likeness (QED) is 0.537. The minimum atomic E-state index is -0.251. The number of aliphatic imine (C=N–C) groups is 2. The lowest BCUT2D eigenvalue weighted by atomic mass is 10.6. The van der Waals surface area contributed by atoms with Crippen LogP contribution in [0.15, 0.2) is 19.6 Å². The summed E-state index contributed by atoms with van der Waals surface area (Å²) < 4.78 is 5.69. The van der Waals surface area contributed by atoms with Crippen LogP contribution < -0.4 is 11.4 Å². The Balaban J connectivity index is 2.44. The standard InChI is InChI=1S/C8H6N6O2/c15-7-11-1-9-2-12-5(11)6-13(7)3-10-4-14(6)8(12)16/h1,3H,2,4H2. The molecule has 0 saturated heterocycles. The monoisotopic (exact) mass is 218 g/mol. The third-order valence-corrected chi connectivity index (χ3v) is 2.88. The molecular formula is C8H6N6O2. The molecule has 0 atom stereocenters. The smallest absolute Gasteiger partial charge is 0.255 e. The van der Waals surface area contributed by atoms with Gasteiger partial charge in [-0.25, -0.2) is 18.7 Å². The molecule has 0 unspecified atom stereocenters. The van der Waals surface area contributed by atoms with Crippen LogP contribution >= 0.6 is 0 Å². The molecule has 4 heterocycles. The highest BCUT2D eigenvalue weighted by Crippen LogP contribution is 2.14. The normalized spacial score (nSPS) is 16.2. The fraction of sp³-hybridized carbons (Fsp3) is 0.250. The molecule has 4 rings (SSSR count). The Morgan fingerprint density at radius 1 is 0.875 bits per heavy atom. The van der Waals surface area contributed by atoms with E-state index in [-0.39, 0.29) is 24.7 Å². The Bertz CT molecular complexity index is 734. The maximum atomic E-state index is 11.9. The van der Waals surface area contributed by atoms with E-state index < -0.39 is 0 Å². The summed E-state index contributed by atoms with van der Waals surface area (Å²) in [5, 5.41) is 0. The van der Waals surface area contributed by atoms with E-state index in [4.69, 9.17) is 0 Å². The van der Waals surface area contributed by atoms with Crippen molar-refractivity contribution in [2.24, 2.45) is 9.98 Å². The van der Waals surface area contributed by atoms with Crippen molar-refractivity contribution >= 4 is 24.0 Å². The number of hydrogen-bond acceptors (Lipinski definition) is 4. The zero-order valence-corrected chi connectivity index (χ0v) is 8.07. The summed E-state index contributed by atoms with van der Waals surface area (Å²) in [5.41, 5.74) is 0.757. The predicted octanol–water partition coefficient (Wildman–Crippen LogP) is -1.54. The number of imidazole rings is 2. The van der Waals surface area contributed by atoms with Crippen LogP contribution in [0.4, 0.5) is 0 Å². The van der Waals surface area contributed by atoms with Gasteiger partial charge in [0, 0.05) is 0 Å². The van der Waals surface area contributed by atoms with Crippen LogP contribution in [-0.4, -0.2) is 30.9 Å². The first-order valence-corrected chi connectivity index (χ1v) is 4.74. The number of nitrogens with zero attached hydrogens (tertiary/aromatic N) is 6. The van der Waals surface area contributed by atoms with Crippen molar-refractivity contribution in [2.75, 3.05) is 0 Å². The number of rotatable bonds is 0. The summed E-state index contributed by atoms with van der Waals surface area (Å²) in [6.45, 7) is 0.511. The van der Waals surface area contributed by atoms with Gasteiger partial charge >= 0.3 is 11.4 Å². The Labute approximate surface area is 87.4 Å². The van der Waals surface area contributed by atoms with Crippen LogP contribution in [0.25, 0.3) is 11.3 Å². The second-order valence-corrected chi connectivity index (χ2v) is 3.69. The summed E-state index contributed by atoms with van der Waals surface area (Å²) >= 11 is 0. The lowest BCUT2D eigenvalue weighted by Crippen LogP contribution is -2.34. The van der Waals surface area contributed by atoms with Crippen LogP contribution in [-0.2, 0) is 13.3 Å². The van der Waals surface area contributed by atoms with E-state index in [1.165, 1.54) is 30.9 Å². The molecule has 16 heavy (non-hydrogen) atoms. The van der Waals surface area contributed by atoms with E-state index in [0.29, 0.717) is 11.3 Å². The molecule has 0 amide bonds. The van der Waals surface area contributed by atoms with E-state index >= 15 is 0 Å². The Morgan fingerprint density at radius 2 is 1.38 bits per heavy atom. The van der Waals surface area contributed by atoms with Crippen molar-refractivity contribution in [1.82, 2.24) is 18.3 Å². The molecule has 2 aliphatic rings. The van der Waals surface area contributed by atoms with Crippen LogP contribution in [0.1, 0.15) is 0 Å². The molecule has 0 aromatic carbocycles. The zero-order chi connectivity index (χ0) is 10.9.